The molecule has 1 unspecified atom stereocenters. The van der Waals surface area contributed by atoms with Crippen molar-refractivity contribution in [3.8, 4) is 0 Å². The second-order valence-electron chi connectivity index (χ2n) is 5.70. The zero-order valence-corrected chi connectivity index (χ0v) is 15.1. The zero-order chi connectivity index (χ0) is 18.1. The highest BCUT2D eigenvalue weighted by Gasteiger charge is 2.20. The van der Waals surface area contributed by atoms with Gasteiger partial charge in [-0.05, 0) is 32.0 Å². The Kier molecular flexibility index (Phi) is 4.94. The van der Waals surface area contributed by atoms with E-state index in [2.05, 4.69) is 31.2 Å². The number of halogens is 4. The van der Waals surface area contributed by atoms with Gasteiger partial charge in [0.25, 0.3) is 6.43 Å². The summed E-state index contributed by atoms with van der Waals surface area (Å²) in [6.45, 7) is 3.46. The summed E-state index contributed by atoms with van der Waals surface area (Å²) in [6, 6.07) is 9.04. The van der Waals surface area contributed by atoms with Crippen LogP contribution in [0.15, 0.2) is 40.9 Å². The van der Waals surface area contributed by atoms with Crippen molar-refractivity contribution in [2.45, 2.75) is 26.3 Å². The number of aromatic nitrogens is 2. The fourth-order valence-electron chi connectivity index (χ4n) is 2.68. The molecule has 0 aliphatic carbocycles. The third kappa shape index (κ3) is 3.61. The number of hydrogen-bond acceptors (Lipinski definition) is 3. The Morgan fingerprint density at radius 3 is 2.52 bits per heavy atom. The van der Waals surface area contributed by atoms with E-state index in [0.717, 1.165) is 21.4 Å². The van der Waals surface area contributed by atoms with E-state index in [0.29, 0.717) is 11.6 Å². The van der Waals surface area contributed by atoms with Crippen molar-refractivity contribution in [2.24, 2.45) is 0 Å². The molecule has 1 N–H and O–H groups in total. The molecule has 3 nitrogen and oxygen atoms in total. The third-order valence-electron chi connectivity index (χ3n) is 3.88. The summed E-state index contributed by atoms with van der Waals surface area (Å²) in [5.74, 6) is 0.193. The van der Waals surface area contributed by atoms with Gasteiger partial charge < -0.3 is 5.32 Å². The number of fused-ring (bicyclic) bond motifs is 1. The van der Waals surface area contributed by atoms with Crippen molar-refractivity contribution >= 4 is 32.7 Å². The largest absolute Gasteiger partial charge is 0.363 e. The van der Waals surface area contributed by atoms with E-state index >= 15 is 0 Å². The molecule has 0 radical (unpaired) electrons. The van der Waals surface area contributed by atoms with E-state index in [1.807, 2.05) is 18.2 Å². The summed E-state index contributed by atoms with van der Waals surface area (Å²) in [7, 11) is 0. The molecule has 0 saturated carbocycles. The molecule has 0 spiro atoms. The van der Waals surface area contributed by atoms with E-state index < -0.39 is 23.8 Å². The van der Waals surface area contributed by atoms with E-state index in [-0.39, 0.29) is 5.56 Å². The monoisotopic (exact) mass is 409 g/mol. The van der Waals surface area contributed by atoms with Crippen LogP contribution in [-0.2, 0) is 0 Å². The fourth-order valence-corrected chi connectivity index (χ4v) is 3.04. The van der Waals surface area contributed by atoms with Crippen molar-refractivity contribution in [1.29, 1.82) is 0 Å². The Hall–Kier alpha value is -2.15. The number of nitrogens with zero attached hydrogens (tertiary/aromatic N) is 2. The van der Waals surface area contributed by atoms with Crippen molar-refractivity contribution < 1.29 is 13.2 Å². The van der Waals surface area contributed by atoms with Crippen LogP contribution in [0.1, 0.15) is 36.3 Å². The summed E-state index contributed by atoms with van der Waals surface area (Å²) >= 11 is 3.41. The summed E-state index contributed by atoms with van der Waals surface area (Å²) in [6.07, 6.45) is -2.86. The van der Waals surface area contributed by atoms with Crippen LogP contribution in [0.4, 0.5) is 19.0 Å². The first-order valence-corrected chi connectivity index (χ1v) is 8.43. The van der Waals surface area contributed by atoms with Crippen molar-refractivity contribution in [1.82, 2.24) is 9.97 Å². The molecule has 3 rings (SSSR count). The average molecular weight is 410 g/mol. The molecule has 2 aromatic carbocycles. The van der Waals surface area contributed by atoms with Gasteiger partial charge in [-0.25, -0.2) is 23.1 Å². The van der Waals surface area contributed by atoms with Gasteiger partial charge in [-0.1, -0.05) is 34.1 Å². The Labute approximate surface area is 151 Å². The van der Waals surface area contributed by atoms with Crippen molar-refractivity contribution in [3.05, 3.63) is 63.6 Å². The van der Waals surface area contributed by atoms with E-state index in [9.17, 15) is 13.2 Å². The lowest BCUT2D eigenvalue weighted by atomic mass is 10.0. The van der Waals surface area contributed by atoms with Gasteiger partial charge in [0.2, 0.25) is 0 Å². The lowest BCUT2D eigenvalue weighted by Crippen LogP contribution is -2.12. The molecule has 3 aromatic rings. The van der Waals surface area contributed by atoms with Gasteiger partial charge >= 0.3 is 0 Å². The summed E-state index contributed by atoms with van der Waals surface area (Å²) in [5, 5.41) is 3.88. The number of nitrogens with one attached hydrogen (secondary N) is 1. The second-order valence-corrected chi connectivity index (χ2v) is 6.61. The van der Waals surface area contributed by atoms with Crippen LogP contribution in [0.5, 0.6) is 0 Å². The van der Waals surface area contributed by atoms with Crippen LogP contribution >= 0.6 is 15.9 Å². The third-order valence-corrected chi connectivity index (χ3v) is 4.38. The number of hydrogen-bond donors (Lipinski definition) is 1. The number of anilines is 1. The number of alkyl halides is 2. The average Bonchev–Trinajstić information content (AvgIpc) is 2.55. The molecule has 0 bridgehead atoms. The molecular formula is C18H15BrF3N3. The van der Waals surface area contributed by atoms with Gasteiger partial charge in [0, 0.05) is 15.4 Å². The first kappa shape index (κ1) is 17.7. The molecule has 0 aliphatic heterocycles. The van der Waals surface area contributed by atoms with Gasteiger partial charge in [-0.15, -0.1) is 0 Å². The molecule has 1 heterocycles. The highest BCUT2D eigenvalue weighted by molar-refractivity contribution is 9.10. The zero-order valence-electron chi connectivity index (χ0n) is 13.5. The Morgan fingerprint density at radius 1 is 1.08 bits per heavy atom. The SMILES string of the molecule is Cc1nc(NC(C)c2cccc(C(F)F)c2F)c2cc(Br)ccc2n1. The maximum absolute atomic E-state index is 14.4. The summed E-state index contributed by atoms with van der Waals surface area (Å²) in [4.78, 5) is 8.75. The van der Waals surface area contributed by atoms with Gasteiger partial charge in [-0.3, -0.25) is 0 Å². The number of benzene rings is 2. The molecule has 0 fully saturated rings. The second kappa shape index (κ2) is 7.00. The number of rotatable bonds is 4. The van der Waals surface area contributed by atoms with Crippen LogP contribution in [0.3, 0.4) is 0 Å². The van der Waals surface area contributed by atoms with Crippen LogP contribution in [-0.4, -0.2) is 9.97 Å². The maximum Gasteiger partial charge on any atom is 0.266 e. The Balaban J connectivity index is 2.02. The normalized spacial score (nSPS) is 12.6. The molecule has 7 heteroatoms. The van der Waals surface area contributed by atoms with E-state index in [1.165, 1.54) is 12.1 Å². The molecule has 25 heavy (non-hydrogen) atoms. The minimum absolute atomic E-state index is 0.164. The van der Waals surface area contributed by atoms with E-state index in [4.69, 9.17) is 0 Å². The summed E-state index contributed by atoms with van der Waals surface area (Å²) in [5.41, 5.74) is 0.307. The predicted molar refractivity (Wildman–Crippen MR) is 95.4 cm³/mol. The van der Waals surface area contributed by atoms with Crippen LogP contribution in [0.25, 0.3) is 10.9 Å². The van der Waals surface area contributed by atoms with Gasteiger partial charge in [0.05, 0.1) is 17.1 Å². The summed E-state index contributed by atoms with van der Waals surface area (Å²) < 4.78 is 41.1. The molecule has 1 aromatic heterocycles. The minimum atomic E-state index is -2.86. The topological polar surface area (TPSA) is 37.8 Å². The smallest absolute Gasteiger partial charge is 0.266 e. The molecule has 1 atom stereocenters. The quantitative estimate of drug-likeness (QED) is 0.578. The fraction of sp³-hybridized carbons (Fsp3) is 0.222. The van der Waals surface area contributed by atoms with E-state index in [1.54, 1.807) is 13.8 Å². The van der Waals surface area contributed by atoms with Gasteiger partial charge in [0.15, 0.2) is 0 Å². The standard InChI is InChI=1S/C18H15BrF3N3/c1-9(12-4-3-5-13(16(12)20)17(21)22)23-18-14-8-11(19)6-7-15(14)24-10(2)25-18/h3-9,17H,1-2H3,(H,23,24,25). The molecule has 0 aliphatic rings. The van der Waals surface area contributed by atoms with Crippen LogP contribution < -0.4 is 5.32 Å². The first-order valence-electron chi connectivity index (χ1n) is 7.63. The van der Waals surface area contributed by atoms with Crippen molar-refractivity contribution in [2.75, 3.05) is 5.32 Å². The molecule has 130 valence electrons. The first-order chi connectivity index (χ1) is 11.9. The van der Waals surface area contributed by atoms with Crippen LogP contribution in [0.2, 0.25) is 0 Å². The van der Waals surface area contributed by atoms with Crippen LogP contribution in [0, 0.1) is 12.7 Å². The Bertz CT molecular complexity index is 931. The predicted octanol–water partition coefficient (Wildman–Crippen LogP) is 5.95. The highest BCUT2D eigenvalue weighted by atomic mass is 79.9. The molecule has 0 saturated heterocycles. The lowest BCUT2D eigenvalue weighted by Gasteiger charge is -2.18. The lowest BCUT2D eigenvalue weighted by molar-refractivity contribution is 0.146. The highest BCUT2D eigenvalue weighted by Crippen LogP contribution is 2.31. The molecule has 0 amide bonds. The van der Waals surface area contributed by atoms with Crippen molar-refractivity contribution in [3.63, 3.8) is 0 Å². The Morgan fingerprint density at radius 2 is 1.80 bits per heavy atom. The maximum atomic E-state index is 14.4. The minimum Gasteiger partial charge on any atom is -0.363 e. The van der Waals surface area contributed by atoms with Gasteiger partial charge in [-0.2, -0.15) is 0 Å². The molecular weight excluding hydrogens is 395 g/mol. The van der Waals surface area contributed by atoms with Gasteiger partial charge in [0.1, 0.15) is 17.5 Å². The number of aryl methyl sites for hydroxylation is 1.